The van der Waals surface area contributed by atoms with Crippen molar-refractivity contribution in [3.8, 4) is 16.8 Å². The SMILES string of the molecule is C=Cc1c(C=C)n(-c2ccccc2)c(=O)c2ccc(-c3cccc4c3ccc3cc5ccccc5cc34)cc12. The van der Waals surface area contributed by atoms with Gasteiger partial charge in [-0.05, 0) is 91.3 Å². The highest BCUT2D eigenvalue weighted by atomic mass is 16.1. The predicted octanol–water partition coefficient (Wildman–Crippen LogP) is 9.40. The summed E-state index contributed by atoms with van der Waals surface area (Å²) in [5, 5.41) is 8.86. The standard InChI is InChI=1S/C37H25NO/c1-3-29-35-23-27(18-20-33(35)37(39)38(36(29)4-2)28-13-6-5-7-14-28)30-15-10-16-31-32(30)19-17-26-21-24-11-8-9-12-25(24)22-34(26)31/h3-23H,1-2H2. The van der Waals surface area contributed by atoms with Crippen LogP contribution in [0.5, 0.6) is 0 Å². The van der Waals surface area contributed by atoms with Crippen LogP contribution in [-0.4, -0.2) is 4.57 Å². The first-order valence-corrected chi connectivity index (χ1v) is 13.1. The Kier molecular flexibility index (Phi) is 5.28. The van der Waals surface area contributed by atoms with Gasteiger partial charge in [-0.2, -0.15) is 0 Å². The third-order valence-corrected chi connectivity index (χ3v) is 7.73. The average molecular weight is 500 g/mol. The van der Waals surface area contributed by atoms with Gasteiger partial charge in [-0.25, -0.2) is 0 Å². The summed E-state index contributed by atoms with van der Waals surface area (Å²) in [6.07, 6.45) is 3.57. The molecule has 2 heteroatoms. The van der Waals surface area contributed by atoms with Crippen molar-refractivity contribution in [3.05, 3.63) is 150 Å². The molecule has 0 aliphatic carbocycles. The van der Waals surface area contributed by atoms with Crippen molar-refractivity contribution in [1.29, 1.82) is 0 Å². The number of fused-ring (bicyclic) bond motifs is 5. The van der Waals surface area contributed by atoms with Crippen molar-refractivity contribution in [2.75, 3.05) is 0 Å². The third kappa shape index (κ3) is 3.53. The largest absolute Gasteiger partial charge is 0.276 e. The highest BCUT2D eigenvalue weighted by molar-refractivity contribution is 6.15. The molecule has 0 N–H and O–H groups in total. The summed E-state index contributed by atoms with van der Waals surface area (Å²) < 4.78 is 1.72. The Hall–Kier alpha value is -5.21. The normalized spacial score (nSPS) is 11.4. The maximum atomic E-state index is 13.8. The molecule has 0 atom stereocenters. The van der Waals surface area contributed by atoms with Crippen molar-refractivity contribution in [1.82, 2.24) is 4.57 Å². The van der Waals surface area contributed by atoms with Gasteiger partial charge >= 0.3 is 0 Å². The van der Waals surface area contributed by atoms with Gasteiger partial charge in [-0.1, -0.05) is 98.1 Å². The van der Waals surface area contributed by atoms with Crippen molar-refractivity contribution in [3.63, 3.8) is 0 Å². The van der Waals surface area contributed by atoms with Gasteiger partial charge in [0, 0.05) is 16.6 Å². The van der Waals surface area contributed by atoms with Gasteiger partial charge in [-0.15, -0.1) is 0 Å². The number of hydrogen-bond donors (Lipinski definition) is 0. The van der Waals surface area contributed by atoms with Crippen molar-refractivity contribution in [2.45, 2.75) is 0 Å². The van der Waals surface area contributed by atoms with E-state index < -0.39 is 0 Å². The molecule has 0 aliphatic rings. The fourth-order valence-electron chi connectivity index (χ4n) is 5.89. The number of pyridine rings is 1. The predicted molar refractivity (Wildman–Crippen MR) is 168 cm³/mol. The Labute approximate surface area is 226 Å². The molecule has 0 saturated heterocycles. The van der Waals surface area contributed by atoms with Crippen LogP contribution in [-0.2, 0) is 0 Å². The highest BCUT2D eigenvalue weighted by Gasteiger charge is 2.16. The minimum atomic E-state index is -0.0703. The van der Waals surface area contributed by atoms with Crippen LogP contribution >= 0.6 is 0 Å². The van der Waals surface area contributed by atoms with Crippen LogP contribution < -0.4 is 5.56 Å². The first-order chi connectivity index (χ1) is 19.2. The summed E-state index contributed by atoms with van der Waals surface area (Å²) in [6, 6.07) is 39.7. The van der Waals surface area contributed by atoms with Crippen LogP contribution in [0, 0.1) is 0 Å². The summed E-state index contributed by atoms with van der Waals surface area (Å²) in [4.78, 5) is 13.8. The fraction of sp³-hybridized carbons (Fsp3) is 0. The fourth-order valence-corrected chi connectivity index (χ4v) is 5.89. The molecule has 0 aliphatic heterocycles. The van der Waals surface area contributed by atoms with Gasteiger partial charge in [0.05, 0.1) is 5.69 Å². The van der Waals surface area contributed by atoms with Crippen LogP contribution in [0.2, 0.25) is 0 Å². The van der Waals surface area contributed by atoms with Crippen LogP contribution in [0.25, 0.3) is 72.1 Å². The van der Waals surface area contributed by atoms with E-state index in [2.05, 4.69) is 92.0 Å². The molecule has 0 amide bonds. The maximum Gasteiger partial charge on any atom is 0.263 e. The molecule has 0 radical (unpaired) electrons. The molecule has 0 saturated carbocycles. The zero-order valence-corrected chi connectivity index (χ0v) is 21.4. The minimum Gasteiger partial charge on any atom is -0.276 e. The molecule has 39 heavy (non-hydrogen) atoms. The molecular weight excluding hydrogens is 474 g/mol. The molecule has 1 aromatic heterocycles. The number of hydrogen-bond acceptors (Lipinski definition) is 1. The number of rotatable bonds is 4. The van der Waals surface area contributed by atoms with Crippen molar-refractivity contribution < 1.29 is 0 Å². The third-order valence-electron chi connectivity index (χ3n) is 7.73. The van der Waals surface area contributed by atoms with E-state index in [9.17, 15) is 4.79 Å². The van der Waals surface area contributed by atoms with Crippen LogP contribution in [0.15, 0.2) is 133 Å². The topological polar surface area (TPSA) is 22.0 Å². The summed E-state index contributed by atoms with van der Waals surface area (Å²) in [7, 11) is 0. The molecule has 0 spiro atoms. The van der Waals surface area contributed by atoms with Crippen LogP contribution in [0.1, 0.15) is 11.3 Å². The first-order valence-electron chi connectivity index (χ1n) is 13.1. The Morgan fingerprint density at radius 1 is 0.538 bits per heavy atom. The summed E-state index contributed by atoms with van der Waals surface area (Å²) >= 11 is 0. The van der Waals surface area contributed by atoms with Gasteiger partial charge in [0.15, 0.2) is 0 Å². The van der Waals surface area contributed by atoms with Gasteiger partial charge < -0.3 is 0 Å². The molecule has 184 valence electrons. The van der Waals surface area contributed by atoms with E-state index in [1.807, 2.05) is 42.5 Å². The van der Waals surface area contributed by atoms with E-state index in [4.69, 9.17) is 0 Å². The molecule has 6 aromatic carbocycles. The quantitative estimate of drug-likeness (QED) is 0.175. The van der Waals surface area contributed by atoms with Gasteiger partial charge in [0.1, 0.15) is 0 Å². The summed E-state index contributed by atoms with van der Waals surface area (Å²) in [5.74, 6) is 0. The average Bonchev–Trinajstić information content (AvgIpc) is 2.99. The van der Waals surface area contributed by atoms with Gasteiger partial charge in [-0.3, -0.25) is 9.36 Å². The molecule has 0 bridgehead atoms. The van der Waals surface area contributed by atoms with E-state index in [-0.39, 0.29) is 5.56 Å². The lowest BCUT2D eigenvalue weighted by Gasteiger charge is -2.17. The van der Waals surface area contributed by atoms with Crippen molar-refractivity contribution >= 4 is 55.2 Å². The monoisotopic (exact) mass is 499 g/mol. The van der Waals surface area contributed by atoms with E-state index >= 15 is 0 Å². The summed E-state index contributed by atoms with van der Waals surface area (Å²) in [6.45, 7) is 8.14. The lowest BCUT2D eigenvalue weighted by atomic mass is 9.92. The Morgan fingerprint density at radius 2 is 1.28 bits per heavy atom. The molecule has 2 nitrogen and oxygen atoms in total. The molecular formula is C37H25NO. The Morgan fingerprint density at radius 3 is 2.05 bits per heavy atom. The van der Waals surface area contributed by atoms with Gasteiger partial charge in [0.2, 0.25) is 0 Å². The number of aromatic nitrogens is 1. The lowest BCUT2D eigenvalue weighted by Crippen LogP contribution is -2.22. The molecule has 7 rings (SSSR count). The smallest absolute Gasteiger partial charge is 0.263 e. The Balaban J connectivity index is 1.50. The Bertz CT molecular complexity index is 2170. The molecule has 7 aromatic rings. The number of nitrogens with zero attached hydrogens (tertiary/aromatic N) is 1. The van der Waals surface area contributed by atoms with Crippen LogP contribution in [0.4, 0.5) is 0 Å². The molecule has 0 unspecified atom stereocenters. The minimum absolute atomic E-state index is 0.0703. The zero-order valence-electron chi connectivity index (χ0n) is 21.4. The second-order valence-electron chi connectivity index (χ2n) is 9.83. The van der Waals surface area contributed by atoms with Gasteiger partial charge in [0.25, 0.3) is 5.56 Å². The van der Waals surface area contributed by atoms with Crippen molar-refractivity contribution in [2.24, 2.45) is 0 Å². The van der Waals surface area contributed by atoms with E-state index in [0.29, 0.717) is 5.39 Å². The van der Waals surface area contributed by atoms with E-state index in [0.717, 1.165) is 33.5 Å². The molecule has 1 heterocycles. The first kappa shape index (κ1) is 22.9. The second-order valence-corrected chi connectivity index (χ2v) is 9.83. The lowest BCUT2D eigenvalue weighted by molar-refractivity contribution is 0.989. The maximum absolute atomic E-state index is 13.8. The number of para-hydroxylation sites is 1. The number of benzene rings is 6. The molecule has 0 fully saturated rings. The van der Waals surface area contributed by atoms with E-state index in [1.165, 1.54) is 32.3 Å². The second kappa shape index (κ2) is 8.97. The summed E-state index contributed by atoms with van der Waals surface area (Å²) in [5.41, 5.74) is 4.55. The van der Waals surface area contributed by atoms with Crippen LogP contribution in [0.3, 0.4) is 0 Å². The van der Waals surface area contributed by atoms with E-state index in [1.54, 1.807) is 10.6 Å². The highest BCUT2D eigenvalue weighted by Crippen LogP contribution is 2.36. The zero-order chi connectivity index (χ0) is 26.5.